The lowest BCUT2D eigenvalue weighted by molar-refractivity contribution is 0.0801. The second-order valence-corrected chi connectivity index (χ2v) is 8.10. The van der Waals surface area contributed by atoms with E-state index in [4.69, 9.17) is 5.26 Å². The van der Waals surface area contributed by atoms with E-state index < -0.39 is 10.0 Å². The molecule has 0 saturated carbocycles. The molecule has 2 rings (SSSR count). The fourth-order valence-corrected chi connectivity index (χ4v) is 4.14. The predicted octanol–water partition coefficient (Wildman–Crippen LogP) is 1.58. The van der Waals surface area contributed by atoms with Crippen molar-refractivity contribution < 1.29 is 8.42 Å². The highest BCUT2D eigenvalue weighted by molar-refractivity contribution is 7.89. The van der Waals surface area contributed by atoms with Gasteiger partial charge in [0.05, 0.1) is 16.5 Å². The summed E-state index contributed by atoms with van der Waals surface area (Å²) in [5.41, 5.74) is 1.01. The minimum Gasteiger partial charge on any atom is -0.299 e. The van der Waals surface area contributed by atoms with Crippen LogP contribution < -0.4 is 0 Å². The van der Waals surface area contributed by atoms with Crippen molar-refractivity contribution in [3.05, 3.63) is 29.3 Å². The third-order valence-corrected chi connectivity index (χ3v) is 6.08. The predicted molar refractivity (Wildman–Crippen MR) is 81.4 cm³/mol. The summed E-state index contributed by atoms with van der Waals surface area (Å²) in [6.07, 6.45) is 0. The summed E-state index contributed by atoms with van der Waals surface area (Å²) in [6, 6.07) is 6.73. The number of nitrogens with zero attached hydrogens (tertiary/aromatic N) is 3. The first-order valence-electron chi connectivity index (χ1n) is 6.90. The lowest BCUT2D eigenvalue weighted by Gasteiger charge is -2.44. The Morgan fingerprint density at radius 1 is 1.29 bits per heavy atom. The normalized spacial score (nSPS) is 20.1. The first kappa shape index (κ1) is 16.0. The molecule has 21 heavy (non-hydrogen) atoms. The fraction of sp³-hybridized carbons (Fsp3) is 0.533. The number of sulfonamides is 1. The number of benzene rings is 1. The zero-order chi connectivity index (χ0) is 15.8. The molecule has 0 radical (unpaired) electrons. The van der Waals surface area contributed by atoms with Gasteiger partial charge in [-0.3, -0.25) is 4.90 Å². The average Bonchev–Trinajstić information content (AvgIpc) is 2.41. The second kappa shape index (κ2) is 5.41. The highest BCUT2D eigenvalue weighted by Gasteiger charge is 2.37. The molecule has 1 aromatic rings. The van der Waals surface area contributed by atoms with Gasteiger partial charge in [-0.25, -0.2) is 8.42 Å². The molecular weight excluding hydrogens is 286 g/mol. The van der Waals surface area contributed by atoms with Gasteiger partial charge in [-0.05, 0) is 51.6 Å². The maximum atomic E-state index is 12.8. The van der Waals surface area contributed by atoms with Crippen LogP contribution in [0.15, 0.2) is 23.1 Å². The Bertz CT molecular complexity index is 689. The Morgan fingerprint density at radius 3 is 2.48 bits per heavy atom. The Hall–Kier alpha value is -1.42. The van der Waals surface area contributed by atoms with Gasteiger partial charge < -0.3 is 0 Å². The van der Waals surface area contributed by atoms with Crippen molar-refractivity contribution in [1.82, 2.24) is 9.21 Å². The SMILES string of the molecule is Cc1cc(S(=O)(=O)N2CCN(C)C(C)(C)C2)ccc1C#N. The van der Waals surface area contributed by atoms with Crippen molar-refractivity contribution in [2.75, 3.05) is 26.7 Å². The van der Waals surface area contributed by atoms with Crippen molar-refractivity contribution in [3.8, 4) is 6.07 Å². The summed E-state index contributed by atoms with van der Waals surface area (Å²) in [5.74, 6) is 0. The van der Waals surface area contributed by atoms with Gasteiger partial charge in [-0.2, -0.15) is 9.57 Å². The average molecular weight is 307 g/mol. The van der Waals surface area contributed by atoms with Gasteiger partial charge in [0.25, 0.3) is 0 Å². The van der Waals surface area contributed by atoms with Crippen LogP contribution in [0.4, 0.5) is 0 Å². The summed E-state index contributed by atoms with van der Waals surface area (Å²) in [4.78, 5) is 2.43. The molecule has 0 N–H and O–H groups in total. The highest BCUT2D eigenvalue weighted by Crippen LogP contribution is 2.25. The molecule has 0 aromatic heterocycles. The Morgan fingerprint density at radius 2 is 1.95 bits per heavy atom. The van der Waals surface area contributed by atoms with E-state index in [9.17, 15) is 8.42 Å². The Kier molecular flexibility index (Phi) is 4.11. The number of aryl methyl sites for hydroxylation is 1. The Balaban J connectivity index is 2.35. The monoisotopic (exact) mass is 307 g/mol. The van der Waals surface area contributed by atoms with E-state index in [0.29, 0.717) is 30.8 Å². The van der Waals surface area contributed by atoms with Gasteiger partial charge in [0.15, 0.2) is 0 Å². The zero-order valence-electron chi connectivity index (χ0n) is 12.9. The molecule has 0 spiro atoms. The number of hydrogen-bond acceptors (Lipinski definition) is 4. The van der Waals surface area contributed by atoms with Gasteiger partial charge in [0, 0.05) is 25.2 Å². The summed E-state index contributed by atoms with van der Waals surface area (Å²) in [5, 5.41) is 8.94. The minimum absolute atomic E-state index is 0.188. The third-order valence-electron chi connectivity index (χ3n) is 4.24. The zero-order valence-corrected chi connectivity index (χ0v) is 13.7. The Labute approximate surface area is 126 Å². The summed E-state index contributed by atoms with van der Waals surface area (Å²) in [6.45, 7) is 7.50. The van der Waals surface area contributed by atoms with Gasteiger partial charge in [-0.15, -0.1) is 0 Å². The minimum atomic E-state index is -3.51. The molecule has 1 aromatic carbocycles. The van der Waals surface area contributed by atoms with E-state index in [1.54, 1.807) is 19.1 Å². The molecule has 0 atom stereocenters. The fourth-order valence-electron chi connectivity index (χ4n) is 2.47. The van der Waals surface area contributed by atoms with Crippen LogP contribution in [0.25, 0.3) is 0 Å². The number of piperazine rings is 1. The molecule has 5 nitrogen and oxygen atoms in total. The smallest absolute Gasteiger partial charge is 0.243 e. The van der Waals surface area contributed by atoms with Crippen LogP contribution in [0.2, 0.25) is 0 Å². The maximum Gasteiger partial charge on any atom is 0.243 e. The van der Waals surface area contributed by atoms with E-state index in [0.717, 1.165) is 0 Å². The van der Waals surface area contributed by atoms with Crippen molar-refractivity contribution in [1.29, 1.82) is 5.26 Å². The van der Waals surface area contributed by atoms with Crippen LogP contribution in [-0.4, -0.2) is 49.8 Å². The number of nitriles is 1. The summed E-state index contributed by atoms with van der Waals surface area (Å²) >= 11 is 0. The van der Waals surface area contributed by atoms with Crippen LogP contribution in [-0.2, 0) is 10.0 Å². The van der Waals surface area contributed by atoms with E-state index >= 15 is 0 Å². The second-order valence-electron chi connectivity index (χ2n) is 6.16. The molecular formula is C15H21N3O2S. The number of hydrogen-bond donors (Lipinski definition) is 0. The molecule has 0 amide bonds. The van der Waals surface area contributed by atoms with Crippen LogP contribution in [0.1, 0.15) is 25.0 Å². The highest BCUT2D eigenvalue weighted by atomic mass is 32.2. The largest absolute Gasteiger partial charge is 0.299 e. The van der Waals surface area contributed by atoms with E-state index in [1.807, 2.05) is 20.9 Å². The molecule has 0 aliphatic carbocycles. The quantitative estimate of drug-likeness (QED) is 0.832. The molecule has 0 bridgehead atoms. The van der Waals surface area contributed by atoms with E-state index in [-0.39, 0.29) is 10.4 Å². The van der Waals surface area contributed by atoms with Crippen LogP contribution in [0.5, 0.6) is 0 Å². The first-order chi connectivity index (χ1) is 9.68. The molecule has 1 fully saturated rings. The lowest BCUT2D eigenvalue weighted by Crippen LogP contribution is -2.58. The van der Waals surface area contributed by atoms with Crippen molar-refractivity contribution >= 4 is 10.0 Å². The maximum absolute atomic E-state index is 12.8. The summed E-state index contributed by atoms with van der Waals surface area (Å²) < 4.78 is 27.1. The van der Waals surface area contributed by atoms with Crippen LogP contribution in [0.3, 0.4) is 0 Å². The molecule has 6 heteroatoms. The van der Waals surface area contributed by atoms with Crippen molar-refractivity contribution in [2.45, 2.75) is 31.2 Å². The number of likely N-dealkylation sites (N-methyl/N-ethyl adjacent to an activating group) is 1. The topological polar surface area (TPSA) is 64.4 Å². The van der Waals surface area contributed by atoms with Gasteiger partial charge in [-0.1, -0.05) is 0 Å². The van der Waals surface area contributed by atoms with Gasteiger partial charge in [0.2, 0.25) is 10.0 Å². The van der Waals surface area contributed by atoms with Crippen LogP contribution in [0, 0.1) is 18.3 Å². The summed E-state index contributed by atoms with van der Waals surface area (Å²) in [7, 11) is -1.50. The van der Waals surface area contributed by atoms with Crippen LogP contribution >= 0.6 is 0 Å². The van der Waals surface area contributed by atoms with Gasteiger partial charge >= 0.3 is 0 Å². The first-order valence-corrected chi connectivity index (χ1v) is 8.34. The third kappa shape index (κ3) is 2.95. The molecule has 1 aliphatic rings. The van der Waals surface area contributed by atoms with Crippen molar-refractivity contribution in [2.24, 2.45) is 0 Å². The molecule has 0 unspecified atom stereocenters. The molecule has 1 saturated heterocycles. The standard InChI is InChI=1S/C15H21N3O2S/c1-12-9-14(6-5-13(12)10-16)21(19,20)18-8-7-17(4)15(2,3)11-18/h5-6,9H,7-8,11H2,1-4H3. The molecule has 114 valence electrons. The molecule has 1 heterocycles. The van der Waals surface area contributed by atoms with E-state index in [1.165, 1.54) is 10.4 Å². The van der Waals surface area contributed by atoms with Gasteiger partial charge in [0.1, 0.15) is 0 Å². The van der Waals surface area contributed by atoms with Crippen molar-refractivity contribution in [3.63, 3.8) is 0 Å². The lowest BCUT2D eigenvalue weighted by atomic mass is 10.0. The van der Waals surface area contributed by atoms with E-state index in [2.05, 4.69) is 11.0 Å². The molecule has 1 aliphatic heterocycles. The number of rotatable bonds is 2.